The fraction of sp³-hybridized carbons (Fsp3) is 0.611. The Balaban J connectivity index is 1.69. The zero-order chi connectivity index (χ0) is 16.8. The van der Waals surface area contributed by atoms with Gasteiger partial charge in [0, 0.05) is 31.6 Å². The van der Waals surface area contributed by atoms with Crippen molar-refractivity contribution in [3.8, 4) is 11.5 Å². The summed E-state index contributed by atoms with van der Waals surface area (Å²) < 4.78 is 16.5. The molecule has 0 aromatic heterocycles. The number of ether oxygens (including phenoxy) is 3. The van der Waals surface area contributed by atoms with E-state index in [1.807, 2.05) is 13.1 Å². The van der Waals surface area contributed by atoms with Crippen LogP contribution in [0.1, 0.15) is 31.2 Å². The molecular formula is C18H26N2O4. The Morgan fingerprint density at radius 3 is 2.79 bits per heavy atom. The average Bonchev–Trinajstić information content (AvgIpc) is 3.09. The van der Waals surface area contributed by atoms with Gasteiger partial charge in [0.05, 0.1) is 0 Å². The molecule has 2 aliphatic heterocycles. The minimum atomic E-state index is -0.0993. The van der Waals surface area contributed by atoms with E-state index < -0.39 is 0 Å². The van der Waals surface area contributed by atoms with Gasteiger partial charge < -0.3 is 24.8 Å². The molecule has 2 aliphatic rings. The van der Waals surface area contributed by atoms with Crippen LogP contribution in [0.4, 0.5) is 0 Å². The maximum absolute atomic E-state index is 12.1. The van der Waals surface area contributed by atoms with E-state index >= 15 is 0 Å². The van der Waals surface area contributed by atoms with E-state index in [9.17, 15) is 4.79 Å². The first kappa shape index (κ1) is 17.0. The minimum Gasteiger partial charge on any atom is -0.454 e. The number of benzene rings is 1. The van der Waals surface area contributed by atoms with Gasteiger partial charge in [-0.25, -0.2) is 0 Å². The highest BCUT2D eigenvalue weighted by Gasteiger charge is 2.36. The van der Waals surface area contributed by atoms with Gasteiger partial charge in [-0.2, -0.15) is 0 Å². The van der Waals surface area contributed by atoms with Crippen molar-refractivity contribution in [2.75, 3.05) is 40.1 Å². The van der Waals surface area contributed by atoms with Crippen molar-refractivity contribution in [1.82, 2.24) is 10.6 Å². The summed E-state index contributed by atoms with van der Waals surface area (Å²) in [4.78, 5) is 12.1. The molecule has 1 saturated heterocycles. The van der Waals surface area contributed by atoms with Gasteiger partial charge in [-0.15, -0.1) is 0 Å². The number of carbonyl (C=O) groups excluding carboxylic acids is 1. The molecule has 1 amide bonds. The summed E-state index contributed by atoms with van der Waals surface area (Å²) in [7, 11) is 1.90. The number of carbonyl (C=O) groups is 1. The van der Waals surface area contributed by atoms with Crippen molar-refractivity contribution in [3.63, 3.8) is 0 Å². The highest BCUT2D eigenvalue weighted by Crippen LogP contribution is 2.40. The minimum absolute atomic E-state index is 0.0993. The molecule has 0 bridgehead atoms. The summed E-state index contributed by atoms with van der Waals surface area (Å²) in [6.07, 6.45) is 3.18. The maximum atomic E-state index is 12.1. The second-order valence-corrected chi connectivity index (χ2v) is 6.44. The molecule has 0 unspecified atom stereocenters. The van der Waals surface area contributed by atoms with Crippen molar-refractivity contribution in [2.45, 2.75) is 31.1 Å². The molecule has 1 aromatic carbocycles. The molecule has 2 heterocycles. The molecule has 2 N–H and O–H groups in total. The van der Waals surface area contributed by atoms with E-state index in [4.69, 9.17) is 14.2 Å². The third kappa shape index (κ3) is 3.82. The highest BCUT2D eigenvalue weighted by molar-refractivity contribution is 5.76. The Bertz CT molecular complexity index is 570. The van der Waals surface area contributed by atoms with E-state index in [1.54, 1.807) is 0 Å². The first-order chi connectivity index (χ1) is 11.7. The normalized spacial score (nSPS) is 18.4. The predicted octanol–water partition coefficient (Wildman–Crippen LogP) is 1.58. The topological polar surface area (TPSA) is 68.8 Å². The maximum Gasteiger partial charge on any atom is 0.231 e. The molecule has 0 radical (unpaired) electrons. The summed E-state index contributed by atoms with van der Waals surface area (Å²) in [5, 5.41) is 6.19. The summed E-state index contributed by atoms with van der Waals surface area (Å²) >= 11 is 0. The van der Waals surface area contributed by atoms with Crippen LogP contribution >= 0.6 is 0 Å². The van der Waals surface area contributed by atoms with Crippen LogP contribution < -0.4 is 20.1 Å². The summed E-state index contributed by atoms with van der Waals surface area (Å²) in [6.45, 7) is 3.19. The molecule has 6 heteroatoms. The van der Waals surface area contributed by atoms with Crippen LogP contribution in [-0.2, 0) is 14.9 Å². The van der Waals surface area contributed by atoms with Crippen LogP contribution in [0.5, 0.6) is 11.5 Å². The first-order valence-electron chi connectivity index (χ1n) is 8.63. The zero-order valence-corrected chi connectivity index (χ0v) is 14.2. The highest BCUT2D eigenvalue weighted by atomic mass is 16.7. The predicted molar refractivity (Wildman–Crippen MR) is 90.5 cm³/mol. The van der Waals surface area contributed by atoms with Crippen LogP contribution in [0, 0.1) is 0 Å². The Hall–Kier alpha value is -1.79. The van der Waals surface area contributed by atoms with Crippen molar-refractivity contribution in [1.29, 1.82) is 0 Å². The second-order valence-electron chi connectivity index (χ2n) is 6.44. The van der Waals surface area contributed by atoms with Crippen molar-refractivity contribution in [2.24, 2.45) is 0 Å². The Labute approximate surface area is 142 Å². The Morgan fingerprint density at radius 1 is 1.21 bits per heavy atom. The SMILES string of the molecule is CNCCCC(=O)NCC1(c2ccc3c(c2)OCO3)CCOCC1. The summed E-state index contributed by atoms with van der Waals surface area (Å²) in [6, 6.07) is 6.11. The lowest BCUT2D eigenvalue weighted by atomic mass is 9.74. The molecule has 0 saturated carbocycles. The van der Waals surface area contributed by atoms with E-state index in [-0.39, 0.29) is 18.1 Å². The van der Waals surface area contributed by atoms with Crippen LogP contribution in [0.15, 0.2) is 18.2 Å². The van der Waals surface area contributed by atoms with E-state index in [1.165, 1.54) is 5.56 Å². The molecule has 1 fully saturated rings. The molecule has 1 aromatic rings. The average molecular weight is 334 g/mol. The lowest BCUT2D eigenvalue weighted by Crippen LogP contribution is -2.44. The van der Waals surface area contributed by atoms with Gasteiger partial charge in [-0.05, 0) is 50.6 Å². The van der Waals surface area contributed by atoms with Crippen LogP contribution in [-0.4, -0.2) is 46.1 Å². The molecule has 24 heavy (non-hydrogen) atoms. The fourth-order valence-corrected chi connectivity index (χ4v) is 3.34. The van der Waals surface area contributed by atoms with Gasteiger partial charge in [0.2, 0.25) is 12.7 Å². The zero-order valence-electron chi connectivity index (χ0n) is 14.2. The molecule has 0 aliphatic carbocycles. The van der Waals surface area contributed by atoms with Gasteiger partial charge in [-0.3, -0.25) is 4.79 Å². The van der Waals surface area contributed by atoms with Gasteiger partial charge in [0.1, 0.15) is 0 Å². The lowest BCUT2D eigenvalue weighted by Gasteiger charge is -2.38. The van der Waals surface area contributed by atoms with Crippen molar-refractivity contribution in [3.05, 3.63) is 23.8 Å². The number of fused-ring (bicyclic) bond motifs is 1. The van der Waals surface area contributed by atoms with Gasteiger partial charge in [0.15, 0.2) is 11.5 Å². The second kappa shape index (κ2) is 7.85. The van der Waals surface area contributed by atoms with Gasteiger partial charge in [-0.1, -0.05) is 6.07 Å². The molecular weight excluding hydrogens is 308 g/mol. The molecule has 132 valence electrons. The van der Waals surface area contributed by atoms with Crippen LogP contribution in [0.3, 0.4) is 0 Å². The van der Waals surface area contributed by atoms with Gasteiger partial charge >= 0.3 is 0 Å². The van der Waals surface area contributed by atoms with Crippen LogP contribution in [0.2, 0.25) is 0 Å². The quantitative estimate of drug-likeness (QED) is 0.741. The fourth-order valence-electron chi connectivity index (χ4n) is 3.34. The number of rotatable bonds is 7. The van der Waals surface area contributed by atoms with Crippen molar-refractivity contribution >= 4 is 5.91 Å². The van der Waals surface area contributed by atoms with Crippen molar-refractivity contribution < 1.29 is 19.0 Å². The van der Waals surface area contributed by atoms with Gasteiger partial charge in [0.25, 0.3) is 0 Å². The lowest BCUT2D eigenvalue weighted by molar-refractivity contribution is -0.121. The van der Waals surface area contributed by atoms with Crippen LogP contribution in [0.25, 0.3) is 0 Å². The van der Waals surface area contributed by atoms with E-state index in [2.05, 4.69) is 22.8 Å². The largest absolute Gasteiger partial charge is 0.454 e. The molecule has 3 rings (SSSR count). The summed E-state index contributed by atoms with van der Waals surface area (Å²) in [5.41, 5.74) is 1.09. The smallest absolute Gasteiger partial charge is 0.231 e. The number of hydrogen-bond donors (Lipinski definition) is 2. The number of nitrogens with one attached hydrogen (secondary N) is 2. The third-order valence-electron chi connectivity index (χ3n) is 4.89. The monoisotopic (exact) mass is 334 g/mol. The Kier molecular flexibility index (Phi) is 5.58. The standard InChI is InChI=1S/C18H26N2O4/c1-19-8-2-3-17(21)20-12-18(6-9-22-10-7-18)14-4-5-15-16(11-14)24-13-23-15/h4-5,11,19H,2-3,6-10,12-13H2,1H3,(H,20,21). The summed E-state index contributed by atoms with van der Waals surface area (Å²) in [5.74, 6) is 1.69. The number of amides is 1. The third-order valence-corrected chi connectivity index (χ3v) is 4.89. The van der Waals surface area contributed by atoms with E-state index in [0.717, 1.165) is 37.3 Å². The Morgan fingerprint density at radius 2 is 2.00 bits per heavy atom. The number of hydrogen-bond acceptors (Lipinski definition) is 5. The first-order valence-corrected chi connectivity index (χ1v) is 8.63. The van der Waals surface area contributed by atoms with E-state index in [0.29, 0.717) is 26.2 Å². The molecule has 0 spiro atoms. The molecule has 6 nitrogen and oxygen atoms in total. The molecule has 0 atom stereocenters.